The average Bonchev–Trinajstić information content (AvgIpc) is 2.98. The van der Waals surface area contributed by atoms with Gasteiger partial charge in [-0.3, -0.25) is 4.79 Å². The third kappa shape index (κ3) is 3.56. The smallest absolute Gasteiger partial charge is 0.339 e. The van der Waals surface area contributed by atoms with Gasteiger partial charge in [0.05, 0.1) is 7.11 Å². The first-order valence-electron chi connectivity index (χ1n) is 7.77. The minimum absolute atomic E-state index is 0.158. The molecule has 0 aliphatic rings. The van der Waals surface area contributed by atoms with Gasteiger partial charge in [0, 0.05) is 42.1 Å². The Hall–Kier alpha value is -2.67. The molecule has 130 valence electrons. The first-order chi connectivity index (χ1) is 12.0. The van der Waals surface area contributed by atoms with Crippen molar-refractivity contribution in [1.29, 1.82) is 0 Å². The van der Waals surface area contributed by atoms with Crippen molar-refractivity contribution in [3.63, 3.8) is 0 Å². The molecule has 25 heavy (non-hydrogen) atoms. The van der Waals surface area contributed by atoms with Crippen LogP contribution in [-0.4, -0.2) is 17.6 Å². The topological polar surface area (TPSA) is 73.8 Å². The largest absolute Gasteiger partial charge is 0.497 e. The summed E-state index contributed by atoms with van der Waals surface area (Å²) >= 11 is 1.39. The number of benzene rings is 1. The number of fused-ring (bicyclic) bond motifs is 1. The van der Waals surface area contributed by atoms with Gasteiger partial charge >= 0.3 is 5.63 Å². The van der Waals surface area contributed by atoms with Crippen LogP contribution in [-0.2, 0) is 18.3 Å². The van der Waals surface area contributed by atoms with E-state index in [9.17, 15) is 9.59 Å². The summed E-state index contributed by atoms with van der Waals surface area (Å²) in [5.41, 5.74) is 1.39. The van der Waals surface area contributed by atoms with Gasteiger partial charge in [0.1, 0.15) is 11.3 Å². The van der Waals surface area contributed by atoms with Gasteiger partial charge in [-0.25, -0.2) is 4.79 Å². The number of thiazole rings is 1. The molecule has 7 heteroatoms. The van der Waals surface area contributed by atoms with Gasteiger partial charge in [-0.05, 0) is 31.0 Å². The predicted molar refractivity (Wildman–Crippen MR) is 96.0 cm³/mol. The summed E-state index contributed by atoms with van der Waals surface area (Å²) in [6.07, 6.45) is 2.30. The summed E-state index contributed by atoms with van der Waals surface area (Å²) in [4.78, 5) is 29.1. The van der Waals surface area contributed by atoms with E-state index in [2.05, 4.69) is 4.99 Å². The molecule has 2 aromatic heterocycles. The molecule has 3 aromatic rings. The maximum absolute atomic E-state index is 12.3. The number of hydrogen-bond donors (Lipinski definition) is 0. The Kier molecular flexibility index (Phi) is 4.85. The van der Waals surface area contributed by atoms with Gasteiger partial charge in [0.25, 0.3) is 0 Å². The maximum Gasteiger partial charge on any atom is 0.339 e. The van der Waals surface area contributed by atoms with Crippen molar-refractivity contribution in [2.45, 2.75) is 19.8 Å². The van der Waals surface area contributed by atoms with Crippen molar-refractivity contribution in [1.82, 2.24) is 4.57 Å². The zero-order chi connectivity index (χ0) is 18.0. The molecule has 0 aliphatic carbocycles. The molecule has 0 fully saturated rings. The second kappa shape index (κ2) is 7.06. The van der Waals surface area contributed by atoms with Crippen LogP contribution in [0.1, 0.15) is 17.5 Å². The Morgan fingerprint density at radius 3 is 2.88 bits per heavy atom. The Labute approximate surface area is 148 Å². The lowest BCUT2D eigenvalue weighted by molar-refractivity contribution is -0.118. The Bertz CT molecular complexity index is 1060. The number of rotatable bonds is 4. The number of nitrogens with zero attached hydrogens (tertiary/aromatic N) is 2. The van der Waals surface area contributed by atoms with E-state index in [-0.39, 0.29) is 12.3 Å². The molecule has 0 atom stereocenters. The molecule has 0 radical (unpaired) electrons. The number of carbonyl (C=O) groups excluding carboxylic acids is 1. The fraction of sp³-hybridized carbons (Fsp3) is 0.278. The lowest BCUT2D eigenvalue weighted by Crippen LogP contribution is -2.15. The fourth-order valence-corrected chi connectivity index (χ4v) is 3.37. The Morgan fingerprint density at radius 2 is 2.20 bits per heavy atom. The highest BCUT2D eigenvalue weighted by Gasteiger charge is 2.13. The molecule has 2 heterocycles. The van der Waals surface area contributed by atoms with Crippen LogP contribution in [0.2, 0.25) is 0 Å². The minimum Gasteiger partial charge on any atom is -0.497 e. The Balaban J connectivity index is 1.88. The zero-order valence-electron chi connectivity index (χ0n) is 14.2. The molecule has 0 aliphatic heterocycles. The van der Waals surface area contributed by atoms with E-state index in [1.54, 1.807) is 17.7 Å². The molecular weight excluding hydrogens is 340 g/mol. The minimum atomic E-state index is -0.423. The number of hydrogen-bond acceptors (Lipinski definition) is 5. The van der Waals surface area contributed by atoms with Crippen molar-refractivity contribution in [2.24, 2.45) is 12.0 Å². The van der Waals surface area contributed by atoms with E-state index in [4.69, 9.17) is 9.15 Å². The lowest BCUT2D eigenvalue weighted by atomic mass is 10.0. The number of amides is 1. The van der Waals surface area contributed by atoms with Crippen LogP contribution in [0.15, 0.2) is 44.0 Å². The van der Waals surface area contributed by atoms with Crippen LogP contribution in [0.25, 0.3) is 11.0 Å². The number of ether oxygens (including phenoxy) is 1. The maximum atomic E-state index is 12.3. The van der Waals surface area contributed by atoms with E-state index in [0.29, 0.717) is 28.1 Å². The molecule has 1 aromatic carbocycles. The number of methoxy groups -OCH3 is 1. The molecule has 0 bridgehead atoms. The summed E-state index contributed by atoms with van der Waals surface area (Å²) < 4.78 is 12.3. The number of carbonyl (C=O) groups is 1. The van der Waals surface area contributed by atoms with E-state index < -0.39 is 5.63 Å². The predicted octanol–water partition coefficient (Wildman–Crippen LogP) is 2.57. The third-order valence-electron chi connectivity index (χ3n) is 4.06. The summed E-state index contributed by atoms with van der Waals surface area (Å²) in [5.74, 6) is 0.368. The first kappa shape index (κ1) is 17.2. The van der Waals surface area contributed by atoms with Crippen LogP contribution in [0.4, 0.5) is 0 Å². The van der Waals surface area contributed by atoms with Gasteiger partial charge in [-0.2, -0.15) is 4.99 Å². The molecule has 0 saturated heterocycles. The van der Waals surface area contributed by atoms with Crippen molar-refractivity contribution in [2.75, 3.05) is 7.11 Å². The summed E-state index contributed by atoms with van der Waals surface area (Å²) in [6.45, 7) is 1.86. The molecule has 1 amide bonds. The zero-order valence-corrected chi connectivity index (χ0v) is 15.1. The van der Waals surface area contributed by atoms with Crippen molar-refractivity contribution in [3.8, 4) is 5.75 Å². The van der Waals surface area contributed by atoms with Gasteiger partial charge in [-0.15, -0.1) is 11.3 Å². The van der Waals surface area contributed by atoms with E-state index in [1.807, 2.05) is 37.7 Å². The van der Waals surface area contributed by atoms with E-state index in [1.165, 1.54) is 11.3 Å². The number of aromatic nitrogens is 1. The molecule has 3 rings (SSSR count). The summed E-state index contributed by atoms with van der Waals surface area (Å²) in [6, 6.07) is 5.36. The normalized spacial score (nSPS) is 11.9. The van der Waals surface area contributed by atoms with E-state index in [0.717, 1.165) is 10.9 Å². The van der Waals surface area contributed by atoms with Crippen LogP contribution >= 0.6 is 11.3 Å². The highest BCUT2D eigenvalue weighted by molar-refractivity contribution is 7.07. The van der Waals surface area contributed by atoms with Crippen molar-refractivity contribution in [3.05, 3.63) is 56.1 Å². The molecule has 6 nitrogen and oxygen atoms in total. The van der Waals surface area contributed by atoms with Gasteiger partial charge in [0.2, 0.25) is 5.91 Å². The van der Waals surface area contributed by atoms with Crippen LogP contribution < -0.4 is 15.2 Å². The monoisotopic (exact) mass is 358 g/mol. The molecule has 0 spiro atoms. The van der Waals surface area contributed by atoms with Gasteiger partial charge < -0.3 is 13.7 Å². The second-order valence-electron chi connectivity index (χ2n) is 5.66. The second-order valence-corrected chi connectivity index (χ2v) is 6.53. The standard InChI is InChI=1S/C18H18N2O4S/c1-11-13-5-4-12(23-3)10-15(13)24-17(22)14(11)6-7-16(21)19-18-20(2)8-9-25-18/h4-5,8-10H,6-7H2,1-3H3. The molecule has 0 N–H and O–H groups in total. The molecule has 0 unspecified atom stereocenters. The average molecular weight is 358 g/mol. The van der Waals surface area contributed by atoms with Crippen LogP contribution in [0.5, 0.6) is 5.75 Å². The van der Waals surface area contributed by atoms with E-state index >= 15 is 0 Å². The molecule has 0 saturated carbocycles. The van der Waals surface area contributed by atoms with Gasteiger partial charge in [-0.1, -0.05) is 0 Å². The SMILES string of the molecule is COc1ccc2c(C)c(CCC(=O)N=c3sccn3C)c(=O)oc2c1. The molecular formula is C18H18N2O4S. The fourth-order valence-electron chi connectivity index (χ4n) is 2.62. The van der Waals surface area contributed by atoms with Crippen LogP contribution in [0, 0.1) is 6.92 Å². The van der Waals surface area contributed by atoms with Crippen LogP contribution in [0.3, 0.4) is 0 Å². The van der Waals surface area contributed by atoms with Gasteiger partial charge in [0.15, 0.2) is 4.80 Å². The number of aryl methyl sites for hydroxylation is 2. The quantitative estimate of drug-likeness (QED) is 0.672. The summed E-state index contributed by atoms with van der Waals surface area (Å²) in [5, 5.41) is 2.70. The van der Waals surface area contributed by atoms with Crippen molar-refractivity contribution < 1.29 is 13.9 Å². The third-order valence-corrected chi connectivity index (χ3v) is 4.91. The lowest BCUT2D eigenvalue weighted by Gasteiger charge is -2.08. The highest BCUT2D eigenvalue weighted by atomic mass is 32.1. The van der Waals surface area contributed by atoms with Crippen molar-refractivity contribution >= 4 is 28.2 Å². The summed E-state index contributed by atoms with van der Waals surface area (Å²) in [7, 11) is 3.39. The Morgan fingerprint density at radius 1 is 1.40 bits per heavy atom. The first-order valence-corrected chi connectivity index (χ1v) is 8.65. The highest BCUT2D eigenvalue weighted by Crippen LogP contribution is 2.24.